The van der Waals surface area contributed by atoms with Crippen molar-refractivity contribution in [3.8, 4) is 0 Å². The van der Waals surface area contributed by atoms with Gasteiger partial charge in [0.15, 0.2) is 10.9 Å². The molecule has 4 heterocycles. The van der Waals surface area contributed by atoms with Crippen LogP contribution in [0.5, 0.6) is 0 Å². The maximum Gasteiger partial charge on any atom is 0.260 e. The molecule has 1 amide bonds. The number of aromatic nitrogens is 2. The summed E-state index contributed by atoms with van der Waals surface area (Å²) >= 11 is 2.73. The lowest BCUT2D eigenvalue weighted by molar-refractivity contribution is 0.0998. The molecule has 0 aromatic carbocycles. The number of pyridine rings is 1. The highest BCUT2D eigenvalue weighted by Gasteiger charge is 2.23. The van der Waals surface area contributed by atoms with Gasteiger partial charge in [0.05, 0.1) is 16.8 Å². The van der Waals surface area contributed by atoms with E-state index in [2.05, 4.69) is 19.8 Å². The highest BCUT2D eigenvalue weighted by atomic mass is 32.1. The lowest BCUT2D eigenvalue weighted by Crippen LogP contribution is -2.30. The Bertz CT molecular complexity index is 1060. The average Bonchev–Trinajstić information content (AvgIpc) is 3.20. The van der Waals surface area contributed by atoms with Crippen LogP contribution in [0.3, 0.4) is 0 Å². The number of ketones is 1. The first-order valence-corrected chi connectivity index (χ1v) is 10.6. The maximum atomic E-state index is 11.7. The normalized spacial score (nSPS) is 15.0. The number of nitrogens with two attached hydrogens (primary N) is 2. The molecule has 4 rings (SSSR count). The molecule has 0 spiro atoms. The minimum Gasteiger partial charge on any atom is -0.397 e. The lowest BCUT2D eigenvalue weighted by Gasteiger charge is -2.24. The molecule has 1 saturated heterocycles. The van der Waals surface area contributed by atoms with Crippen molar-refractivity contribution in [2.75, 3.05) is 41.7 Å². The van der Waals surface area contributed by atoms with E-state index in [4.69, 9.17) is 11.5 Å². The van der Waals surface area contributed by atoms with Gasteiger partial charge in [-0.2, -0.15) is 0 Å². The van der Waals surface area contributed by atoms with Gasteiger partial charge in [-0.15, -0.1) is 22.7 Å². The summed E-state index contributed by atoms with van der Waals surface area (Å²) in [4.78, 5) is 37.5. The molecule has 146 valence electrons. The zero-order valence-corrected chi connectivity index (χ0v) is 17.0. The molecule has 0 bridgehead atoms. The highest BCUT2D eigenvalue weighted by molar-refractivity contribution is 7.21. The first kappa shape index (κ1) is 18.6. The van der Waals surface area contributed by atoms with Gasteiger partial charge in [-0.05, 0) is 12.5 Å². The Labute approximate surface area is 169 Å². The van der Waals surface area contributed by atoms with Crippen LogP contribution >= 0.6 is 22.7 Å². The molecule has 1 fully saturated rings. The van der Waals surface area contributed by atoms with Crippen LogP contribution in [0.25, 0.3) is 10.2 Å². The number of amides is 1. The summed E-state index contributed by atoms with van der Waals surface area (Å²) in [6.45, 7) is 4.79. The number of hydrogen-bond donors (Lipinski definition) is 2. The molecular formula is C18H20N6O2S2. The second-order valence-electron chi connectivity index (χ2n) is 6.62. The second kappa shape index (κ2) is 7.36. The first-order chi connectivity index (χ1) is 13.5. The van der Waals surface area contributed by atoms with E-state index in [1.807, 2.05) is 11.4 Å². The fourth-order valence-electron chi connectivity index (χ4n) is 3.40. The summed E-state index contributed by atoms with van der Waals surface area (Å²) in [6.07, 6.45) is 2.67. The maximum absolute atomic E-state index is 11.7. The topological polar surface area (TPSA) is 118 Å². The van der Waals surface area contributed by atoms with E-state index in [0.717, 1.165) is 53.6 Å². The van der Waals surface area contributed by atoms with Crippen LogP contribution in [0.4, 0.5) is 16.5 Å². The lowest BCUT2D eigenvalue weighted by atomic mass is 10.2. The van der Waals surface area contributed by atoms with E-state index in [0.29, 0.717) is 16.3 Å². The number of thiophene rings is 1. The molecule has 0 saturated carbocycles. The molecule has 3 aromatic rings. The van der Waals surface area contributed by atoms with Crippen molar-refractivity contribution in [2.24, 2.45) is 5.73 Å². The zero-order valence-electron chi connectivity index (χ0n) is 15.3. The van der Waals surface area contributed by atoms with Crippen molar-refractivity contribution >= 4 is 61.1 Å². The number of nitrogen functional groups attached to an aromatic ring is 1. The Balaban J connectivity index is 1.61. The molecule has 8 nitrogen and oxygen atoms in total. The smallest absolute Gasteiger partial charge is 0.260 e. The number of hydrogen-bond acceptors (Lipinski definition) is 9. The van der Waals surface area contributed by atoms with Crippen molar-refractivity contribution in [3.63, 3.8) is 0 Å². The Morgan fingerprint density at radius 3 is 2.64 bits per heavy atom. The van der Waals surface area contributed by atoms with Crippen LogP contribution in [-0.2, 0) is 0 Å². The Kier molecular flexibility index (Phi) is 4.90. The van der Waals surface area contributed by atoms with E-state index >= 15 is 0 Å². The molecule has 10 heteroatoms. The molecule has 0 radical (unpaired) electrons. The number of anilines is 3. The van der Waals surface area contributed by atoms with Gasteiger partial charge < -0.3 is 21.3 Å². The molecule has 28 heavy (non-hydrogen) atoms. The molecule has 1 aliphatic heterocycles. The van der Waals surface area contributed by atoms with Gasteiger partial charge in [0.2, 0.25) is 0 Å². The SMILES string of the molecule is CC(=O)c1csc(N2CCCN(c3ccnc4sc(C(N)=O)c(N)c34)CC2)n1. The Morgan fingerprint density at radius 2 is 1.93 bits per heavy atom. The number of nitrogens with zero attached hydrogens (tertiary/aromatic N) is 4. The Morgan fingerprint density at radius 1 is 1.18 bits per heavy atom. The Hall–Kier alpha value is -2.72. The van der Waals surface area contributed by atoms with E-state index in [-0.39, 0.29) is 5.78 Å². The summed E-state index contributed by atoms with van der Waals surface area (Å²) in [6, 6.07) is 1.93. The van der Waals surface area contributed by atoms with Crippen molar-refractivity contribution in [1.82, 2.24) is 9.97 Å². The number of thiazole rings is 1. The van der Waals surface area contributed by atoms with Crippen LogP contribution in [-0.4, -0.2) is 47.8 Å². The van der Waals surface area contributed by atoms with Gasteiger partial charge in [-0.3, -0.25) is 9.59 Å². The summed E-state index contributed by atoms with van der Waals surface area (Å²) < 4.78 is 0. The minimum atomic E-state index is -0.529. The van der Waals surface area contributed by atoms with E-state index < -0.39 is 5.91 Å². The third-order valence-electron chi connectivity index (χ3n) is 4.79. The number of fused-ring (bicyclic) bond motifs is 1. The zero-order chi connectivity index (χ0) is 19.8. The molecule has 0 atom stereocenters. The van der Waals surface area contributed by atoms with Crippen molar-refractivity contribution < 1.29 is 9.59 Å². The molecule has 1 aliphatic rings. The number of carbonyl (C=O) groups excluding carboxylic acids is 2. The molecule has 3 aromatic heterocycles. The van der Waals surface area contributed by atoms with Gasteiger partial charge in [0, 0.05) is 44.7 Å². The summed E-state index contributed by atoms with van der Waals surface area (Å²) in [5, 5.41) is 3.48. The molecule has 0 aliphatic carbocycles. The number of Topliss-reactive ketones (excluding diaryl/α,β-unsaturated/α-hetero) is 1. The standard InChI is InChI=1S/C18H20N6O2S2/c1-10(25)11-9-27-18(22-11)24-6-2-5-23(7-8-24)12-3-4-21-17-13(12)14(19)15(28-17)16(20)26/h3-4,9H,2,5-8,19H2,1H3,(H2,20,26). The molecule has 0 unspecified atom stereocenters. The van der Waals surface area contributed by atoms with Crippen LogP contribution in [0.1, 0.15) is 33.5 Å². The predicted molar refractivity (Wildman–Crippen MR) is 114 cm³/mol. The third kappa shape index (κ3) is 3.29. The monoisotopic (exact) mass is 416 g/mol. The fourth-order valence-corrected chi connectivity index (χ4v) is 5.25. The van der Waals surface area contributed by atoms with E-state index in [1.165, 1.54) is 29.6 Å². The number of rotatable bonds is 4. The van der Waals surface area contributed by atoms with Crippen molar-refractivity contribution in [2.45, 2.75) is 13.3 Å². The van der Waals surface area contributed by atoms with Crippen LogP contribution in [0, 0.1) is 0 Å². The van der Waals surface area contributed by atoms with E-state index in [9.17, 15) is 9.59 Å². The molecule has 4 N–H and O–H groups in total. The number of carbonyl (C=O) groups is 2. The second-order valence-corrected chi connectivity index (χ2v) is 8.45. The number of primary amides is 1. The average molecular weight is 417 g/mol. The van der Waals surface area contributed by atoms with Gasteiger partial charge >= 0.3 is 0 Å². The third-order valence-corrected chi connectivity index (χ3v) is 6.82. The van der Waals surface area contributed by atoms with Crippen LogP contribution in [0.15, 0.2) is 17.6 Å². The minimum absolute atomic E-state index is 0.0173. The van der Waals surface area contributed by atoms with Gasteiger partial charge in [-0.1, -0.05) is 0 Å². The van der Waals surface area contributed by atoms with Gasteiger partial charge in [0.25, 0.3) is 5.91 Å². The first-order valence-electron chi connectivity index (χ1n) is 8.89. The highest BCUT2D eigenvalue weighted by Crippen LogP contribution is 2.38. The fraction of sp³-hybridized carbons (Fsp3) is 0.333. The van der Waals surface area contributed by atoms with Gasteiger partial charge in [-0.25, -0.2) is 9.97 Å². The van der Waals surface area contributed by atoms with Gasteiger partial charge in [0.1, 0.15) is 15.4 Å². The predicted octanol–water partition coefficient (Wildman–Crippen LogP) is 2.35. The van der Waals surface area contributed by atoms with Crippen LogP contribution in [0.2, 0.25) is 0 Å². The van der Waals surface area contributed by atoms with Crippen LogP contribution < -0.4 is 21.3 Å². The van der Waals surface area contributed by atoms with E-state index in [1.54, 1.807) is 6.20 Å². The summed E-state index contributed by atoms with van der Waals surface area (Å²) in [5.41, 5.74) is 13.6. The largest absolute Gasteiger partial charge is 0.397 e. The summed E-state index contributed by atoms with van der Waals surface area (Å²) in [7, 11) is 0. The quantitative estimate of drug-likeness (QED) is 0.627. The van der Waals surface area contributed by atoms with Crippen molar-refractivity contribution in [3.05, 3.63) is 28.2 Å². The van der Waals surface area contributed by atoms with Crippen molar-refractivity contribution in [1.29, 1.82) is 0 Å². The summed E-state index contributed by atoms with van der Waals surface area (Å²) in [5.74, 6) is -0.546. The molecular weight excluding hydrogens is 396 g/mol.